The second-order valence-corrected chi connectivity index (χ2v) is 24.9. The Kier molecular flexibility index (Phi) is 18.4. The van der Waals surface area contributed by atoms with E-state index in [1.165, 1.54) is 66.8 Å². The third-order valence-corrected chi connectivity index (χ3v) is 20.2. The summed E-state index contributed by atoms with van der Waals surface area (Å²) in [6, 6.07) is 49.6. The van der Waals surface area contributed by atoms with Crippen molar-refractivity contribution in [3.05, 3.63) is 240 Å². The third kappa shape index (κ3) is 13.1. The molecule has 1 aliphatic rings. The van der Waals surface area contributed by atoms with Gasteiger partial charge in [-0.3, -0.25) is 0 Å². The molecule has 8 aromatic heterocycles. The lowest BCUT2D eigenvalue weighted by Gasteiger charge is -2.39. The van der Waals surface area contributed by atoms with Gasteiger partial charge < -0.3 is 0 Å². The molecule has 0 N–H and O–H groups in total. The van der Waals surface area contributed by atoms with Crippen LogP contribution in [0.2, 0.25) is 0 Å². The van der Waals surface area contributed by atoms with Crippen molar-refractivity contribution < 1.29 is 0 Å². The molecule has 376 valence electrons. The van der Waals surface area contributed by atoms with Gasteiger partial charge in [-0.2, -0.15) is 0 Å². The molecule has 11 rings (SSSR count). The maximum absolute atomic E-state index is 4.87. The van der Waals surface area contributed by atoms with E-state index in [1.54, 1.807) is 47.0 Å². The van der Waals surface area contributed by atoms with Crippen molar-refractivity contribution >= 4 is 94.1 Å². The van der Waals surface area contributed by atoms with Gasteiger partial charge in [0.2, 0.25) is 0 Å². The number of hydrogen-bond acceptors (Lipinski definition) is 16. The SMILES string of the molecule is c1ccc(SCc2c(CSc3ccccn3)c(CSc3ccccn3)c3c(c2CSc2ccccn2)-c2c(CSc4ccccn4)c(CSc4ccccn4)c(CSc4ccccn4)c(CSc4ccccn4)c2-3)nc1. The van der Waals surface area contributed by atoms with E-state index in [9.17, 15) is 0 Å². The molecule has 0 unspecified atom stereocenters. The normalized spacial score (nSPS) is 11.5. The van der Waals surface area contributed by atoms with Crippen LogP contribution >= 0.6 is 94.1 Å². The van der Waals surface area contributed by atoms with E-state index >= 15 is 0 Å². The molecular weight excluding hydrogens is 1090 g/mol. The summed E-state index contributed by atoms with van der Waals surface area (Å²) in [4.78, 5) is 38.9. The molecule has 8 nitrogen and oxygen atoms in total. The van der Waals surface area contributed by atoms with Crippen molar-refractivity contribution in [2.24, 2.45) is 0 Å². The molecule has 0 saturated heterocycles. The number of nitrogens with zero attached hydrogens (tertiary/aromatic N) is 8. The molecule has 0 spiro atoms. The fraction of sp³-hybridized carbons (Fsp3) is 0.133. The van der Waals surface area contributed by atoms with Crippen LogP contribution in [0.5, 0.6) is 0 Å². The van der Waals surface area contributed by atoms with Crippen molar-refractivity contribution in [3.63, 3.8) is 0 Å². The van der Waals surface area contributed by atoms with E-state index in [-0.39, 0.29) is 0 Å². The van der Waals surface area contributed by atoms with Crippen molar-refractivity contribution in [1.29, 1.82) is 0 Å². The van der Waals surface area contributed by atoms with Crippen LogP contribution in [0, 0.1) is 0 Å². The van der Waals surface area contributed by atoms with Gasteiger partial charge in [0.15, 0.2) is 0 Å². The van der Waals surface area contributed by atoms with Gasteiger partial charge in [0.25, 0.3) is 0 Å². The van der Waals surface area contributed by atoms with Crippen LogP contribution in [-0.2, 0) is 46.0 Å². The van der Waals surface area contributed by atoms with Gasteiger partial charge >= 0.3 is 0 Å². The summed E-state index contributed by atoms with van der Waals surface area (Å²) in [6.45, 7) is 0. The molecule has 0 atom stereocenters. The summed E-state index contributed by atoms with van der Waals surface area (Å²) >= 11 is 14.4. The first-order valence-corrected chi connectivity index (χ1v) is 32.3. The van der Waals surface area contributed by atoms with Gasteiger partial charge in [-0.25, -0.2) is 39.9 Å². The third-order valence-electron chi connectivity index (χ3n) is 12.4. The van der Waals surface area contributed by atoms with E-state index in [2.05, 4.69) is 97.1 Å². The number of fused-ring (bicyclic) bond motifs is 4. The Morgan fingerprint density at radius 3 is 0.461 bits per heavy atom. The largest absolute Gasteiger partial charge is 0.250 e. The molecular formula is C60H48N8S8. The van der Waals surface area contributed by atoms with Gasteiger partial charge in [-0.05, 0) is 164 Å². The Hall–Kier alpha value is -5.56. The monoisotopic (exact) mass is 1140 g/mol. The van der Waals surface area contributed by atoms with Crippen molar-refractivity contribution in [2.45, 2.75) is 86.2 Å². The molecule has 10 aromatic rings. The average Bonchev–Trinajstić information content (AvgIpc) is 3.49. The molecule has 0 saturated carbocycles. The lowest BCUT2D eigenvalue weighted by molar-refractivity contribution is 1.08. The van der Waals surface area contributed by atoms with Crippen LogP contribution < -0.4 is 0 Å². The average molecular weight is 1140 g/mol. The number of thioether (sulfide) groups is 8. The highest BCUT2D eigenvalue weighted by atomic mass is 32.2. The van der Waals surface area contributed by atoms with Gasteiger partial charge in [-0.15, -0.1) is 94.1 Å². The van der Waals surface area contributed by atoms with Crippen molar-refractivity contribution in [3.8, 4) is 22.3 Å². The topological polar surface area (TPSA) is 103 Å². The van der Waals surface area contributed by atoms with Gasteiger partial charge in [0.1, 0.15) is 0 Å². The van der Waals surface area contributed by atoms with Gasteiger partial charge in [-0.1, -0.05) is 48.5 Å². The zero-order chi connectivity index (χ0) is 51.1. The minimum atomic E-state index is 0.728. The van der Waals surface area contributed by atoms with Crippen molar-refractivity contribution in [2.75, 3.05) is 0 Å². The molecule has 8 heterocycles. The number of benzene rings is 2. The molecule has 16 heteroatoms. The summed E-state index contributed by atoms with van der Waals surface area (Å²) in [5.41, 5.74) is 16.1. The zero-order valence-corrected chi connectivity index (χ0v) is 47.5. The van der Waals surface area contributed by atoms with E-state index < -0.39 is 0 Å². The van der Waals surface area contributed by atoms with Crippen molar-refractivity contribution in [1.82, 2.24) is 39.9 Å². The predicted molar refractivity (Wildman–Crippen MR) is 321 cm³/mol. The molecule has 2 aromatic carbocycles. The number of aromatic nitrogens is 8. The molecule has 0 bridgehead atoms. The maximum atomic E-state index is 4.87. The summed E-state index contributed by atoms with van der Waals surface area (Å²) in [7, 11) is 0. The molecule has 0 aliphatic heterocycles. The summed E-state index contributed by atoms with van der Waals surface area (Å²) in [5, 5.41) is 7.94. The summed E-state index contributed by atoms with van der Waals surface area (Å²) in [6.07, 6.45) is 15.2. The molecule has 0 radical (unpaired) electrons. The van der Waals surface area contributed by atoms with Crippen LogP contribution in [0.1, 0.15) is 44.5 Å². The first kappa shape index (κ1) is 52.5. The Morgan fingerprint density at radius 2 is 0.329 bits per heavy atom. The number of rotatable bonds is 24. The Labute approximate surface area is 478 Å². The lowest BCUT2D eigenvalue weighted by Crippen LogP contribution is -2.20. The van der Waals surface area contributed by atoms with Crippen LogP contribution in [0.4, 0.5) is 0 Å². The summed E-state index contributed by atoms with van der Waals surface area (Å²) in [5.74, 6) is 5.85. The fourth-order valence-electron chi connectivity index (χ4n) is 8.94. The van der Waals surface area contributed by atoms with Gasteiger partial charge in [0, 0.05) is 95.6 Å². The van der Waals surface area contributed by atoms with Gasteiger partial charge in [0.05, 0.1) is 40.2 Å². The molecule has 76 heavy (non-hydrogen) atoms. The highest BCUT2D eigenvalue weighted by Gasteiger charge is 2.40. The molecule has 0 fully saturated rings. The standard InChI is InChI=1S/C60H48N8S8/c1-9-25-61-49(17-1)69-33-41-42(34-70-50-18-2-10-26-62-50)46(38-74-54-22-6-14-30-66-54)58-57(45(41)37-73-53-21-5-13-29-65-53)59-47(39-75-55-23-7-15-31-67-55)43(35-71-51-19-3-11-27-63-51)44(36-72-52-20-4-12-28-64-52)48(60(58)59)40-76-56-24-8-16-32-68-56/h1-32H,33-40H2. The second-order valence-electron chi connectivity index (χ2n) is 17.0. The minimum Gasteiger partial charge on any atom is -0.250 e. The molecule has 0 amide bonds. The van der Waals surface area contributed by atoms with E-state index in [0.29, 0.717) is 0 Å². The maximum Gasteiger partial charge on any atom is 0.0963 e. The Balaban J connectivity index is 1.20. The predicted octanol–water partition coefficient (Wildman–Crippen LogP) is 16.8. The quantitative estimate of drug-likeness (QED) is 0.0536. The Bertz CT molecular complexity index is 2990. The molecule has 1 aliphatic carbocycles. The lowest BCUT2D eigenvalue weighted by atomic mass is 9.68. The number of hydrogen-bond donors (Lipinski definition) is 0. The zero-order valence-electron chi connectivity index (χ0n) is 41.0. The van der Waals surface area contributed by atoms with E-state index in [4.69, 9.17) is 39.9 Å². The highest BCUT2D eigenvalue weighted by Crippen LogP contribution is 2.61. The first-order valence-electron chi connectivity index (χ1n) is 24.4. The highest BCUT2D eigenvalue weighted by molar-refractivity contribution is 8.00. The fourth-order valence-corrected chi connectivity index (χ4v) is 16.4. The first-order chi connectivity index (χ1) is 37.7. The smallest absolute Gasteiger partial charge is 0.0963 e. The minimum absolute atomic E-state index is 0.728. The number of pyridine rings is 8. The van der Waals surface area contributed by atoms with E-state index in [0.717, 1.165) is 86.2 Å². The van der Waals surface area contributed by atoms with Crippen LogP contribution in [-0.4, -0.2) is 39.9 Å². The van der Waals surface area contributed by atoms with Crippen LogP contribution in [0.15, 0.2) is 235 Å². The van der Waals surface area contributed by atoms with Crippen LogP contribution in [0.3, 0.4) is 0 Å². The Morgan fingerprint density at radius 1 is 0.184 bits per heavy atom. The summed E-state index contributed by atoms with van der Waals surface area (Å²) < 4.78 is 0. The second kappa shape index (κ2) is 26.7. The van der Waals surface area contributed by atoms with Crippen LogP contribution in [0.25, 0.3) is 22.3 Å². The van der Waals surface area contributed by atoms with E-state index in [1.807, 2.05) is 145 Å².